The Morgan fingerprint density at radius 3 is 2.96 bits per heavy atom. The van der Waals surface area contributed by atoms with Gasteiger partial charge in [0, 0.05) is 13.1 Å². The van der Waals surface area contributed by atoms with E-state index in [1.165, 1.54) is 41.0 Å². The van der Waals surface area contributed by atoms with Crippen LogP contribution in [-0.2, 0) is 16.1 Å². The van der Waals surface area contributed by atoms with Crippen LogP contribution in [0.5, 0.6) is 0 Å². The van der Waals surface area contributed by atoms with E-state index in [9.17, 15) is 14.0 Å². The van der Waals surface area contributed by atoms with Crippen molar-refractivity contribution in [3.63, 3.8) is 0 Å². The molecule has 1 unspecified atom stereocenters. The molecule has 8 nitrogen and oxygen atoms in total. The van der Waals surface area contributed by atoms with Crippen LogP contribution in [0.3, 0.4) is 0 Å². The number of rotatable bonds is 5. The Morgan fingerprint density at radius 1 is 1.52 bits per heavy atom. The Labute approximate surface area is 142 Å². The lowest BCUT2D eigenvalue weighted by Crippen LogP contribution is -2.33. The second-order valence-corrected chi connectivity index (χ2v) is 5.62. The fourth-order valence-electron chi connectivity index (χ4n) is 2.55. The Balaban J connectivity index is 1.76. The van der Waals surface area contributed by atoms with E-state index in [1.54, 1.807) is 6.07 Å². The first-order valence-corrected chi connectivity index (χ1v) is 7.64. The molecule has 1 atom stereocenters. The van der Waals surface area contributed by atoms with Gasteiger partial charge < -0.3 is 19.7 Å². The van der Waals surface area contributed by atoms with Crippen LogP contribution in [0, 0.1) is 5.82 Å². The van der Waals surface area contributed by atoms with Crippen molar-refractivity contribution in [1.82, 2.24) is 14.9 Å². The highest BCUT2D eigenvalue weighted by atomic mass is 19.1. The number of nitrogens with zero attached hydrogens (tertiary/aromatic N) is 3. The molecule has 0 saturated carbocycles. The summed E-state index contributed by atoms with van der Waals surface area (Å²) in [5.41, 5.74) is 1.03. The molecule has 2 aromatic rings. The highest BCUT2D eigenvalue weighted by Gasteiger charge is 2.32. The molecular formula is C16H17FN4O4. The van der Waals surface area contributed by atoms with Crippen LogP contribution in [-0.4, -0.2) is 45.9 Å². The number of carbonyl (C=O) groups is 2. The van der Waals surface area contributed by atoms with Crippen LogP contribution in [0.1, 0.15) is 12.6 Å². The first kappa shape index (κ1) is 16.9. The number of aliphatic hydroxyl groups excluding tert-OH is 1. The fourth-order valence-corrected chi connectivity index (χ4v) is 2.55. The number of carbonyl (C=O) groups excluding carboxylic acids is 2. The summed E-state index contributed by atoms with van der Waals surface area (Å²) in [6, 6.07) is 4.34. The highest BCUT2D eigenvalue weighted by molar-refractivity contribution is 5.90. The number of aromatic nitrogens is 2. The average molecular weight is 348 g/mol. The van der Waals surface area contributed by atoms with Crippen molar-refractivity contribution in [3.05, 3.63) is 42.2 Å². The number of hydrogen-bond donors (Lipinski definition) is 2. The van der Waals surface area contributed by atoms with Crippen LogP contribution < -0.4 is 10.2 Å². The van der Waals surface area contributed by atoms with Crippen LogP contribution in [0.25, 0.3) is 5.69 Å². The molecule has 132 valence electrons. The minimum atomic E-state index is -0.590. The quantitative estimate of drug-likeness (QED) is 0.839. The standard InChI is InChI=1S/C16H17FN4O4/c1-10(23)18-5-13-7-21(16(24)25-13)12-2-3-15(14(17)4-12)20-6-11(8-22)19-9-20/h2-4,6,9,13,22H,5,7-8H2,1H3,(H,18,23). The van der Waals surface area contributed by atoms with Gasteiger partial charge in [-0.15, -0.1) is 0 Å². The van der Waals surface area contributed by atoms with Crippen LogP contribution in [0.2, 0.25) is 0 Å². The normalized spacial score (nSPS) is 16.8. The molecule has 1 aromatic heterocycles. The predicted octanol–water partition coefficient (Wildman–Crippen LogP) is 0.965. The summed E-state index contributed by atoms with van der Waals surface area (Å²) in [5, 5.41) is 11.6. The lowest BCUT2D eigenvalue weighted by Gasteiger charge is -2.14. The van der Waals surface area contributed by atoms with Crippen molar-refractivity contribution < 1.29 is 23.8 Å². The number of ether oxygens (including phenoxy) is 1. The number of halogens is 1. The highest BCUT2D eigenvalue weighted by Crippen LogP contribution is 2.25. The summed E-state index contributed by atoms with van der Waals surface area (Å²) in [6.45, 7) is 1.57. The molecule has 2 amide bonds. The van der Waals surface area contributed by atoms with Gasteiger partial charge >= 0.3 is 6.09 Å². The summed E-state index contributed by atoms with van der Waals surface area (Å²) in [5.74, 6) is -0.759. The molecule has 1 saturated heterocycles. The van der Waals surface area contributed by atoms with Crippen LogP contribution in [0.4, 0.5) is 14.9 Å². The molecule has 2 heterocycles. The minimum absolute atomic E-state index is 0.205. The molecule has 1 aliphatic heterocycles. The largest absolute Gasteiger partial charge is 0.442 e. The van der Waals surface area contributed by atoms with Crippen molar-refractivity contribution in [3.8, 4) is 5.69 Å². The molecular weight excluding hydrogens is 331 g/mol. The summed E-state index contributed by atoms with van der Waals surface area (Å²) in [6.07, 6.45) is 1.84. The van der Waals surface area contributed by atoms with Gasteiger partial charge in [0.2, 0.25) is 5.91 Å². The number of cyclic esters (lactones) is 1. The van der Waals surface area contributed by atoms with E-state index < -0.39 is 18.0 Å². The molecule has 1 aliphatic rings. The summed E-state index contributed by atoms with van der Waals surface area (Å²) in [7, 11) is 0. The number of benzene rings is 1. The first-order valence-electron chi connectivity index (χ1n) is 7.64. The van der Waals surface area contributed by atoms with Crippen molar-refractivity contribution >= 4 is 17.7 Å². The summed E-state index contributed by atoms with van der Waals surface area (Å²) >= 11 is 0. The van der Waals surface area contributed by atoms with Gasteiger partial charge in [-0.05, 0) is 18.2 Å². The van der Waals surface area contributed by atoms with Crippen LogP contribution >= 0.6 is 0 Å². The van der Waals surface area contributed by atoms with E-state index in [-0.39, 0.29) is 31.3 Å². The van der Waals surface area contributed by atoms with Gasteiger partial charge in [0.1, 0.15) is 11.9 Å². The number of anilines is 1. The molecule has 1 fully saturated rings. The second-order valence-electron chi connectivity index (χ2n) is 5.62. The lowest BCUT2D eigenvalue weighted by atomic mass is 10.2. The van der Waals surface area contributed by atoms with E-state index in [0.29, 0.717) is 11.4 Å². The van der Waals surface area contributed by atoms with Gasteiger partial charge in [0.15, 0.2) is 0 Å². The maximum Gasteiger partial charge on any atom is 0.414 e. The van der Waals surface area contributed by atoms with Gasteiger partial charge in [-0.3, -0.25) is 9.69 Å². The van der Waals surface area contributed by atoms with E-state index in [2.05, 4.69) is 10.3 Å². The van der Waals surface area contributed by atoms with Gasteiger partial charge in [0.05, 0.1) is 43.1 Å². The number of amides is 2. The molecule has 3 rings (SSSR count). The third kappa shape index (κ3) is 3.61. The fraction of sp³-hybridized carbons (Fsp3) is 0.312. The van der Waals surface area contributed by atoms with E-state index in [4.69, 9.17) is 9.84 Å². The Kier molecular flexibility index (Phi) is 4.66. The van der Waals surface area contributed by atoms with Gasteiger partial charge in [-0.1, -0.05) is 0 Å². The first-order chi connectivity index (χ1) is 12.0. The maximum atomic E-state index is 14.4. The van der Waals surface area contributed by atoms with E-state index in [1.807, 2.05) is 0 Å². The van der Waals surface area contributed by atoms with Gasteiger partial charge in [-0.2, -0.15) is 0 Å². The van der Waals surface area contributed by atoms with E-state index >= 15 is 0 Å². The molecule has 9 heteroatoms. The molecule has 0 bridgehead atoms. The number of aliphatic hydroxyl groups is 1. The predicted molar refractivity (Wildman–Crippen MR) is 85.7 cm³/mol. The van der Waals surface area contributed by atoms with Crippen molar-refractivity contribution in [1.29, 1.82) is 0 Å². The molecule has 0 spiro atoms. The molecule has 0 aliphatic carbocycles. The maximum absolute atomic E-state index is 14.4. The summed E-state index contributed by atoms with van der Waals surface area (Å²) < 4.78 is 21.0. The zero-order valence-electron chi connectivity index (χ0n) is 13.5. The van der Waals surface area contributed by atoms with Crippen molar-refractivity contribution in [2.24, 2.45) is 0 Å². The van der Waals surface area contributed by atoms with Crippen molar-refractivity contribution in [2.75, 3.05) is 18.0 Å². The summed E-state index contributed by atoms with van der Waals surface area (Å²) in [4.78, 5) is 28.1. The van der Waals surface area contributed by atoms with Gasteiger partial charge in [0.25, 0.3) is 0 Å². The zero-order valence-corrected chi connectivity index (χ0v) is 13.5. The number of imidazole rings is 1. The Hall–Kier alpha value is -2.94. The van der Waals surface area contributed by atoms with E-state index in [0.717, 1.165) is 0 Å². The minimum Gasteiger partial charge on any atom is -0.442 e. The monoisotopic (exact) mass is 348 g/mol. The number of nitrogens with one attached hydrogen (secondary N) is 1. The Bertz CT molecular complexity index is 807. The third-order valence-electron chi connectivity index (χ3n) is 3.77. The van der Waals surface area contributed by atoms with Gasteiger partial charge in [-0.25, -0.2) is 14.2 Å². The molecule has 25 heavy (non-hydrogen) atoms. The third-order valence-corrected chi connectivity index (χ3v) is 3.77. The zero-order chi connectivity index (χ0) is 18.0. The smallest absolute Gasteiger partial charge is 0.414 e. The van der Waals surface area contributed by atoms with Crippen LogP contribution in [0.15, 0.2) is 30.7 Å². The SMILES string of the molecule is CC(=O)NCC1CN(c2ccc(-n3cnc(CO)c3)c(F)c2)C(=O)O1. The molecule has 0 radical (unpaired) electrons. The topological polar surface area (TPSA) is 96.7 Å². The second kappa shape index (κ2) is 6.89. The lowest BCUT2D eigenvalue weighted by molar-refractivity contribution is -0.119. The Morgan fingerprint density at radius 2 is 2.32 bits per heavy atom. The molecule has 2 N–H and O–H groups in total. The molecule has 1 aromatic carbocycles. The average Bonchev–Trinajstić information content (AvgIpc) is 3.19. The van der Waals surface area contributed by atoms with Crippen molar-refractivity contribution in [2.45, 2.75) is 19.6 Å². The number of hydrogen-bond acceptors (Lipinski definition) is 5.